The summed E-state index contributed by atoms with van der Waals surface area (Å²) in [5.74, 6) is -1.50. The second-order valence-electron chi connectivity index (χ2n) is 7.54. The van der Waals surface area contributed by atoms with Crippen LogP contribution in [-0.4, -0.2) is 49.1 Å². The number of nitrogens with one attached hydrogen (secondary N) is 1. The number of esters is 1. The van der Waals surface area contributed by atoms with E-state index in [9.17, 15) is 24.5 Å². The highest BCUT2D eigenvalue weighted by Gasteiger charge is 2.37. The van der Waals surface area contributed by atoms with Gasteiger partial charge in [-0.05, 0) is 50.2 Å². The molecule has 0 aromatic heterocycles. The Bertz CT molecular complexity index is 1090. The van der Waals surface area contributed by atoms with Crippen LogP contribution >= 0.6 is 0 Å². The molecule has 34 heavy (non-hydrogen) atoms. The smallest absolute Gasteiger partial charge is 0.312 e. The van der Waals surface area contributed by atoms with E-state index in [0.29, 0.717) is 18.0 Å². The number of carbonyl (C=O) groups excluding carboxylic acids is 3. The van der Waals surface area contributed by atoms with Crippen molar-refractivity contribution in [2.75, 3.05) is 30.5 Å². The van der Waals surface area contributed by atoms with Crippen molar-refractivity contribution in [1.29, 1.82) is 0 Å². The molecule has 180 valence electrons. The molecule has 1 N–H and O–H groups in total. The summed E-state index contributed by atoms with van der Waals surface area (Å²) in [5.41, 5.74) is 0.205. The summed E-state index contributed by atoms with van der Waals surface area (Å²) in [5, 5.41) is 13.7. The van der Waals surface area contributed by atoms with Gasteiger partial charge in [0.25, 0.3) is 11.6 Å². The van der Waals surface area contributed by atoms with E-state index >= 15 is 0 Å². The van der Waals surface area contributed by atoms with Gasteiger partial charge in [-0.25, -0.2) is 0 Å². The first-order chi connectivity index (χ1) is 16.2. The van der Waals surface area contributed by atoms with Crippen LogP contribution in [0.2, 0.25) is 0 Å². The van der Waals surface area contributed by atoms with Crippen molar-refractivity contribution in [1.82, 2.24) is 0 Å². The van der Waals surface area contributed by atoms with Gasteiger partial charge in [-0.1, -0.05) is 0 Å². The number of hydrogen-bond donors (Lipinski definition) is 1. The van der Waals surface area contributed by atoms with Gasteiger partial charge < -0.3 is 24.4 Å². The van der Waals surface area contributed by atoms with Gasteiger partial charge in [0.15, 0.2) is 6.10 Å². The number of rotatable bonds is 9. The Balaban J connectivity index is 1.60. The fraction of sp³-hybridized carbons (Fsp3) is 0.348. The maximum absolute atomic E-state index is 12.6. The molecule has 1 aliphatic heterocycles. The minimum Gasteiger partial charge on any atom is -0.496 e. The zero-order valence-corrected chi connectivity index (χ0v) is 19.0. The van der Waals surface area contributed by atoms with Crippen LogP contribution in [-0.2, 0) is 19.1 Å². The number of anilines is 2. The maximum atomic E-state index is 12.6. The van der Waals surface area contributed by atoms with Gasteiger partial charge >= 0.3 is 5.97 Å². The molecule has 2 aromatic rings. The summed E-state index contributed by atoms with van der Waals surface area (Å²) in [6.07, 6.45) is -1.28. The largest absolute Gasteiger partial charge is 0.496 e. The van der Waals surface area contributed by atoms with E-state index in [1.54, 1.807) is 24.3 Å². The number of ether oxygens (including phenoxy) is 3. The van der Waals surface area contributed by atoms with Crippen LogP contribution in [0.5, 0.6) is 11.5 Å². The molecule has 11 nitrogen and oxygen atoms in total. The van der Waals surface area contributed by atoms with E-state index in [4.69, 9.17) is 14.2 Å². The molecule has 11 heteroatoms. The summed E-state index contributed by atoms with van der Waals surface area (Å²) < 4.78 is 15.6. The van der Waals surface area contributed by atoms with E-state index in [1.807, 2.05) is 6.92 Å². The summed E-state index contributed by atoms with van der Waals surface area (Å²) in [6.45, 7) is 3.86. The summed E-state index contributed by atoms with van der Waals surface area (Å²) in [4.78, 5) is 49.7. The normalized spacial score (nSPS) is 16.0. The van der Waals surface area contributed by atoms with Gasteiger partial charge in [0, 0.05) is 18.7 Å². The first kappa shape index (κ1) is 24.5. The second kappa shape index (κ2) is 10.6. The average Bonchev–Trinajstić information content (AvgIpc) is 3.21. The Morgan fingerprint density at radius 3 is 2.50 bits per heavy atom. The molecule has 3 rings (SSSR count). The molecular formula is C23H25N3O8. The average molecular weight is 471 g/mol. The second-order valence-corrected chi connectivity index (χ2v) is 7.54. The molecule has 2 atom stereocenters. The lowest BCUT2D eigenvalue weighted by molar-refractivity contribution is -0.384. The van der Waals surface area contributed by atoms with Gasteiger partial charge in [-0.2, -0.15) is 0 Å². The molecule has 2 aromatic carbocycles. The molecule has 0 bridgehead atoms. The highest BCUT2D eigenvalue weighted by Crippen LogP contribution is 2.30. The minimum absolute atomic E-state index is 0.0513. The van der Waals surface area contributed by atoms with Crippen molar-refractivity contribution in [2.45, 2.75) is 26.4 Å². The summed E-state index contributed by atoms with van der Waals surface area (Å²) >= 11 is 0. The third-order valence-electron chi connectivity index (χ3n) is 5.24. The fourth-order valence-electron chi connectivity index (χ4n) is 3.46. The fourth-order valence-corrected chi connectivity index (χ4v) is 3.46. The van der Waals surface area contributed by atoms with Crippen LogP contribution in [0.4, 0.5) is 17.1 Å². The third-order valence-corrected chi connectivity index (χ3v) is 5.24. The van der Waals surface area contributed by atoms with Gasteiger partial charge in [0.1, 0.15) is 17.2 Å². The van der Waals surface area contributed by atoms with E-state index < -0.39 is 28.8 Å². The van der Waals surface area contributed by atoms with E-state index in [0.717, 1.165) is 0 Å². The SMILES string of the molecule is CCOc1ccc(N2CC(C(=O)OC(C)C(=O)Nc3ccc(OC)cc3[N+](=O)[O-])CC2=O)cc1. The van der Waals surface area contributed by atoms with Gasteiger partial charge in [0.05, 0.1) is 30.6 Å². The van der Waals surface area contributed by atoms with E-state index in [1.165, 1.54) is 37.1 Å². The lowest BCUT2D eigenvalue weighted by atomic mass is 10.1. The molecule has 0 radical (unpaired) electrons. The highest BCUT2D eigenvalue weighted by atomic mass is 16.6. The monoisotopic (exact) mass is 471 g/mol. The lowest BCUT2D eigenvalue weighted by Crippen LogP contribution is -2.33. The van der Waals surface area contributed by atoms with Crippen molar-refractivity contribution in [3.63, 3.8) is 0 Å². The molecular weight excluding hydrogens is 446 g/mol. The Kier molecular flexibility index (Phi) is 7.67. The standard InChI is InChI=1S/C23H25N3O8/c1-4-33-17-7-5-16(6-8-17)25-13-15(11-21(25)27)23(29)34-14(2)22(28)24-19-10-9-18(32-3)12-20(19)26(30)31/h5-10,12,14-15H,4,11,13H2,1-3H3,(H,24,28). The van der Waals surface area contributed by atoms with Crippen LogP contribution in [0.3, 0.4) is 0 Å². The molecule has 1 aliphatic rings. The quantitative estimate of drug-likeness (QED) is 0.335. The first-order valence-corrected chi connectivity index (χ1v) is 10.6. The van der Waals surface area contributed by atoms with Crippen molar-refractivity contribution in [2.24, 2.45) is 5.92 Å². The van der Waals surface area contributed by atoms with Crippen LogP contribution in [0.1, 0.15) is 20.3 Å². The van der Waals surface area contributed by atoms with E-state index in [-0.39, 0.29) is 36.0 Å². The van der Waals surface area contributed by atoms with Crippen LogP contribution in [0.15, 0.2) is 42.5 Å². The molecule has 2 amide bonds. The highest BCUT2D eigenvalue weighted by molar-refractivity contribution is 6.00. The molecule has 0 saturated carbocycles. The van der Waals surface area contributed by atoms with Gasteiger partial charge in [0.2, 0.25) is 5.91 Å². The molecule has 0 aliphatic carbocycles. The number of nitro benzene ring substituents is 1. The molecule has 1 heterocycles. The topological polar surface area (TPSA) is 137 Å². The number of carbonyl (C=O) groups is 3. The number of benzene rings is 2. The Labute approximate surface area is 195 Å². The van der Waals surface area contributed by atoms with Crippen LogP contribution in [0, 0.1) is 16.0 Å². The predicted octanol–water partition coefficient (Wildman–Crippen LogP) is 2.93. The van der Waals surface area contributed by atoms with Gasteiger partial charge in [-0.3, -0.25) is 24.5 Å². The van der Waals surface area contributed by atoms with Crippen molar-refractivity contribution >= 4 is 34.8 Å². The number of nitro groups is 1. The van der Waals surface area contributed by atoms with Crippen molar-refractivity contribution in [3.05, 3.63) is 52.6 Å². The summed E-state index contributed by atoms with van der Waals surface area (Å²) in [6, 6.07) is 10.9. The number of hydrogen-bond acceptors (Lipinski definition) is 8. The van der Waals surface area contributed by atoms with E-state index in [2.05, 4.69) is 5.32 Å². The Hall–Kier alpha value is -4.15. The third kappa shape index (κ3) is 5.61. The predicted molar refractivity (Wildman–Crippen MR) is 122 cm³/mol. The van der Waals surface area contributed by atoms with Crippen LogP contribution in [0.25, 0.3) is 0 Å². The molecule has 0 spiro atoms. The zero-order chi connectivity index (χ0) is 24.8. The lowest BCUT2D eigenvalue weighted by Gasteiger charge is -2.18. The Morgan fingerprint density at radius 2 is 1.88 bits per heavy atom. The number of nitrogens with zero attached hydrogens (tertiary/aromatic N) is 2. The molecule has 1 saturated heterocycles. The summed E-state index contributed by atoms with van der Waals surface area (Å²) in [7, 11) is 1.36. The van der Waals surface area contributed by atoms with Gasteiger partial charge in [-0.15, -0.1) is 0 Å². The minimum atomic E-state index is -1.23. The van der Waals surface area contributed by atoms with Crippen molar-refractivity contribution in [3.8, 4) is 11.5 Å². The van der Waals surface area contributed by atoms with Crippen LogP contribution < -0.4 is 19.7 Å². The number of amides is 2. The first-order valence-electron chi connectivity index (χ1n) is 10.6. The molecule has 2 unspecified atom stereocenters. The Morgan fingerprint density at radius 1 is 1.21 bits per heavy atom. The number of methoxy groups -OCH3 is 1. The maximum Gasteiger partial charge on any atom is 0.312 e. The van der Waals surface area contributed by atoms with Crippen molar-refractivity contribution < 1.29 is 33.5 Å². The molecule has 1 fully saturated rings. The zero-order valence-electron chi connectivity index (χ0n) is 19.0.